The predicted octanol–water partition coefficient (Wildman–Crippen LogP) is 4.09. The van der Waals surface area contributed by atoms with Crippen molar-refractivity contribution in [1.82, 2.24) is 4.98 Å². The van der Waals surface area contributed by atoms with Crippen LogP contribution in [0.1, 0.15) is 15.9 Å². The number of para-hydroxylation sites is 1. The Kier molecular flexibility index (Phi) is 4.75. The molecule has 0 bridgehead atoms. The van der Waals surface area contributed by atoms with Crippen molar-refractivity contribution in [1.29, 1.82) is 0 Å². The quantitative estimate of drug-likeness (QED) is 0.544. The smallest absolute Gasteiger partial charge is 0.188 e. The molecule has 2 aromatic carbocycles. The first-order valence-corrected chi connectivity index (χ1v) is 7.76. The van der Waals surface area contributed by atoms with Gasteiger partial charge in [-0.05, 0) is 24.3 Å². The minimum atomic E-state index is -0.0886. The zero-order chi connectivity index (χ0) is 17.8. The maximum atomic E-state index is 12.6. The molecule has 0 aliphatic heterocycles. The van der Waals surface area contributed by atoms with Crippen molar-refractivity contribution in [3.8, 4) is 17.2 Å². The Morgan fingerprint density at radius 2 is 1.64 bits per heavy atom. The summed E-state index contributed by atoms with van der Waals surface area (Å²) in [5.41, 5.74) is 2.29. The molecule has 3 rings (SSSR count). The second-order valence-corrected chi connectivity index (χ2v) is 5.39. The number of nitrogens with one attached hydrogen (secondary N) is 1. The average Bonchev–Trinajstić information content (AvgIpc) is 3.09. The van der Waals surface area contributed by atoms with Crippen molar-refractivity contribution in [3.63, 3.8) is 0 Å². The molecule has 0 unspecified atom stereocenters. The van der Waals surface area contributed by atoms with Gasteiger partial charge in [-0.25, -0.2) is 0 Å². The third-order valence-electron chi connectivity index (χ3n) is 4.00. The van der Waals surface area contributed by atoms with E-state index in [1.54, 1.807) is 45.7 Å². The van der Waals surface area contributed by atoms with Gasteiger partial charge in [0.2, 0.25) is 0 Å². The molecule has 3 aromatic rings. The highest BCUT2D eigenvalue weighted by Crippen LogP contribution is 2.35. The molecule has 0 amide bonds. The van der Waals surface area contributed by atoms with Crippen LogP contribution in [0.4, 0.5) is 0 Å². The van der Waals surface area contributed by atoms with Gasteiger partial charge in [0.25, 0.3) is 0 Å². The van der Waals surface area contributed by atoms with Gasteiger partial charge in [-0.3, -0.25) is 4.79 Å². The van der Waals surface area contributed by atoms with E-state index in [4.69, 9.17) is 14.2 Å². The van der Waals surface area contributed by atoms with Crippen LogP contribution in [0.2, 0.25) is 0 Å². The molecule has 128 valence electrons. The van der Waals surface area contributed by atoms with Crippen LogP contribution in [0.3, 0.4) is 0 Å². The first kappa shape index (κ1) is 16.6. The van der Waals surface area contributed by atoms with Crippen molar-refractivity contribution in [2.24, 2.45) is 0 Å². The van der Waals surface area contributed by atoms with E-state index < -0.39 is 0 Å². The normalized spacial score (nSPS) is 11.0. The van der Waals surface area contributed by atoms with Crippen molar-refractivity contribution in [2.45, 2.75) is 0 Å². The number of benzene rings is 2. The number of hydrogen-bond acceptors (Lipinski definition) is 4. The van der Waals surface area contributed by atoms with Crippen LogP contribution in [0.15, 0.2) is 48.7 Å². The molecule has 0 fully saturated rings. The highest BCUT2D eigenvalue weighted by molar-refractivity contribution is 6.14. The van der Waals surface area contributed by atoms with Crippen LogP contribution in [0.5, 0.6) is 17.2 Å². The van der Waals surface area contributed by atoms with Gasteiger partial charge in [0.05, 0.1) is 21.3 Å². The number of allylic oxidation sites excluding steroid dienone is 1. The molecule has 1 aromatic heterocycles. The van der Waals surface area contributed by atoms with Crippen molar-refractivity contribution >= 4 is 22.8 Å². The molecule has 0 radical (unpaired) electrons. The lowest BCUT2D eigenvalue weighted by molar-refractivity contribution is 0.104. The molecule has 5 nitrogen and oxygen atoms in total. The van der Waals surface area contributed by atoms with Crippen LogP contribution >= 0.6 is 0 Å². The second kappa shape index (κ2) is 7.13. The van der Waals surface area contributed by atoms with Gasteiger partial charge < -0.3 is 19.2 Å². The number of aromatic amines is 1. The summed E-state index contributed by atoms with van der Waals surface area (Å²) in [6.07, 6.45) is 4.97. The van der Waals surface area contributed by atoms with Crippen LogP contribution in [-0.2, 0) is 0 Å². The van der Waals surface area contributed by atoms with E-state index >= 15 is 0 Å². The highest BCUT2D eigenvalue weighted by atomic mass is 16.5. The van der Waals surface area contributed by atoms with Crippen LogP contribution in [0, 0.1) is 0 Å². The Morgan fingerprint density at radius 3 is 2.36 bits per heavy atom. The highest BCUT2D eigenvalue weighted by Gasteiger charge is 2.12. The van der Waals surface area contributed by atoms with Gasteiger partial charge in [-0.15, -0.1) is 0 Å². The lowest BCUT2D eigenvalue weighted by Gasteiger charge is -2.12. The standard InChI is InChI=1S/C20H19NO4/c1-23-18-11-20(25-3)19(24-2)10-13(18)8-9-17(22)15-12-21-16-7-5-4-6-14(15)16/h4-12,21H,1-3H3/b9-8+. The molecule has 5 heteroatoms. The number of carbonyl (C=O) groups is 1. The number of methoxy groups -OCH3 is 3. The molecule has 25 heavy (non-hydrogen) atoms. The molecule has 0 aliphatic rings. The molecular formula is C20H19NO4. The molecule has 0 atom stereocenters. The van der Waals surface area contributed by atoms with Gasteiger partial charge in [-0.1, -0.05) is 18.2 Å². The minimum absolute atomic E-state index is 0.0886. The number of ether oxygens (including phenoxy) is 3. The fourth-order valence-corrected chi connectivity index (χ4v) is 2.71. The molecular weight excluding hydrogens is 318 g/mol. The number of aromatic nitrogens is 1. The number of ketones is 1. The summed E-state index contributed by atoms with van der Waals surface area (Å²) >= 11 is 0. The van der Waals surface area contributed by atoms with E-state index in [9.17, 15) is 4.79 Å². The van der Waals surface area contributed by atoms with E-state index in [2.05, 4.69) is 4.98 Å². The second-order valence-electron chi connectivity index (χ2n) is 5.39. The zero-order valence-corrected chi connectivity index (χ0v) is 14.3. The number of rotatable bonds is 6. The summed E-state index contributed by atoms with van der Waals surface area (Å²) in [6.45, 7) is 0. The van der Waals surface area contributed by atoms with Crippen LogP contribution in [0.25, 0.3) is 17.0 Å². The van der Waals surface area contributed by atoms with E-state index in [0.29, 0.717) is 22.8 Å². The van der Waals surface area contributed by atoms with Crippen LogP contribution in [-0.4, -0.2) is 32.1 Å². The Labute approximate surface area is 145 Å². The van der Waals surface area contributed by atoms with E-state index in [-0.39, 0.29) is 5.78 Å². The summed E-state index contributed by atoms with van der Waals surface area (Å²) in [7, 11) is 4.70. The van der Waals surface area contributed by atoms with Gasteiger partial charge in [0.1, 0.15) is 5.75 Å². The van der Waals surface area contributed by atoms with Crippen molar-refractivity contribution in [2.75, 3.05) is 21.3 Å². The van der Waals surface area contributed by atoms with Gasteiger partial charge in [-0.2, -0.15) is 0 Å². The number of carbonyl (C=O) groups excluding carboxylic acids is 1. The van der Waals surface area contributed by atoms with Crippen molar-refractivity contribution in [3.05, 3.63) is 59.8 Å². The van der Waals surface area contributed by atoms with Gasteiger partial charge in [0, 0.05) is 34.3 Å². The fourth-order valence-electron chi connectivity index (χ4n) is 2.71. The minimum Gasteiger partial charge on any atom is -0.496 e. The maximum Gasteiger partial charge on any atom is 0.188 e. The summed E-state index contributed by atoms with van der Waals surface area (Å²) in [5.74, 6) is 1.65. The third-order valence-corrected chi connectivity index (χ3v) is 4.00. The first-order valence-electron chi connectivity index (χ1n) is 7.76. The first-order chi connectivity index (χ1) is 12.2. The summed E-state index contributed by atoms with van der Waals surface area (Å²) in [5, 5.41) is 0.899. The Balaban J connectivity index is 1.94. The largest absolute Gasteiger partial charge is 0.496 e. The summed E-state index contributed by atoms with van der Waals surface area (Å²) in [6, 6.07) is 11.2. The summed E-state index contributed by atoms with van der Waals surface area (Å²) < 4.78 is 16.0. The SMILES string of the molecule is COc1cc(OC)c(OC)cc1/C=C/C(=O)c1c[nH]c2ccccc12. The topological polar surface area (TPSA) is 60.6 Å². The molecule has 0 aliphatic carbocycles. The maximum absolute atomic E-state index is 12.6. The lowest BCUT2D eigenvalue weighted by Crippen LogP contribution is -1.96. The molecule has 1 N–H and O–H groups in total. The van der Waals surface area contributed by atoms with E-state index in [0.717, 1.165) is 16.5 Å². The van der Waals surface area contributed by atoms with E-state index in [1.807, 2.05) is 24.3 Å². The molecule has 1 heterocycles. The Hall–Kier alpha value is -3.21. The van der Waals surface area contributed by atoms with Crippen LogP contribution < -0.4 is 14.2 Å². The number of H-pyrrole nitrogens is 1. The molecule has 0 saturated heterocycles. The number of hydrogen-bond donors (Lipinski definition) is 1. The fraction of sp³-hybridized carbons (Fsp3) is 0.150. The van der Waals surface area contributed by atoms with Crippen molar-refractivity contribution < 1.29 is 19.0 Å². The molecule has 0 spiro atoms. The average molecular weight is 337 g/mol. The van der Waals surface area contributed by atoms with Gasteiger partial charge in [0.15, 0.2) is 17.3 Å². The Bertz CT molecular complexity index is 940. The summed E-state index contributed by atoms with van der Waals surface area (Å²) in [4.78, 5) is 15.7. The molecule has 0 saturated carbocycles. The van der Waals surface area contributed by atoms with E-state index in [1.165, 1.54) is 6.08 Å². The number of fused-ring (bicyclic) bond motifs is 1. The monoisotopic (exact) mass is 337 g/mol. The lowest BCUT2D eigenvalue weighted by atomic mass is 10.1. The van der Waals surface area contributed by atoms with Gasteiger partial charge >= 0.3 is 0 Å². The zero-order valence-electron chi connectivity index (χ0n) is 14.3. The Morgan fingerprint density at radius 1 is 0.960 bits per heavy atom. The predicted molar refractivity (Wildman–Crippen MR) is 97.8 cm³/mol. The third kappa shape index (κ3) is 3.21.